The third-order valence-corrected chi connectivity index (χ3v) is 7.74. The number of hydrogen-bond acceptors (Lipinski definition) is 8. The largest absolute Gasteiger partial charge is 0.460 e. The highest BCUT2D eigenvalue weighted by molar-refractivity contribution is 7.15. The summed E-state index contributed by atoms with van der Waals surface area (Å²) >= 11 is 1.50. The predicted molar refractivity (Wildman–Crippen MR) is 148 cm³/mol. The lowest BCUT2D eigenvalue weighted by molar-refractivity contribution is -0.163. The number of hydrogen-bond donors (Lipinski definition) is 2. The number of rotatable bonds is 5. The summed E-state index contributed by atoms with van der Waals surface area (Å²) in [6, 6.07) is 8.17. The molecule has 0 bridgehead atoms. The van der Waals surface area contributed by atoms with Crippen molar-refractivity contribution in [1.29, 1.82) is 0 Å². The molecule has 3 aromatic rings. The fourth-order valence-corrected chi connectivity index (χ4v) is 5.56. The number of nitrogens with zero attached hydrogens (tertiary/aromatic N) is 3. The smallest absolute Gasteiger partial charge is 0.309 e. The van der Waals surface area contributed by atoms with Crippen LogP contribution >= 0.6 is 11.3 Å². The number of aromatic nitrogens is 3. The zero-order valence-corrected chi connectivity index (χ0v) is 23.7. The summed E-state index contributed by atoms with van der Waals surface area (Å²) in [6.07, 6.45) is 5.77. The van der Waals surface area contributed by atoms with Crippen molar-refractivity contribution in [3.63, 3.8) is 0 Å². The maximum atomic E-state index is 12.5. The van der Waals surface area contributed by atoms with Crippen molar-refractivity contribution in [2.45, 2.75) is 90.8 Å². The van der Waals surface area contributed by atoms with Gasteiger partial charge in [0.05, 0.1) is 16.5 Å². The number of carbonyl (C=O) groups excluding carboxylic acids is 1. The minimum absolute atomic E-state index is 0.0670. The number of anilines is 2. The van der Waals surface area contributed by atoms with Crippen LogP contribution in [0.5, 0.6) is 0 Å². The summed E-state index contributed by atoms with van der Waals surface area (Å²) in [7, 11) is 0. The molecule has 2 aromatic heterocycles. The average Bonchev–Trinajstić information content (AvgIpc) is 3.29. The van der Waals surface area contributed by atoms with Gasteiger partial charge in [0.1, 0.15) is 16.2 Å². The Kier molecular flexibility index (Phi) is 7.45. The summed E-state index contributed by atoms with van der Waals surface area (Å²) in [6.45, 7) is 14.1. The molecule has 1 aliphatic rings. The van der Waals surface area contributed by atoms with Crippen molar-refractivity contribution >= 4 is 28.9 Å². The Bertz CT molecular complexity index is 1260. The van der Waals surface area contributed by atoms with Crippen molar-refractivity contribution in [2.24, 2.45) is 5.92 Å². The van der Waals surface area contributed by atoms with Crippen LogP contribution in [0.4, 0.5) is 11.6 Å². The summed E-state index contributed by atoms with van der Waals surface area (Å²) in [4.78, 5) is 27.1. The highest BCUT2D eigenvalue weighted by Gasteiger charge is 2.40. The molecular weight excluding hydrogens is 484 g/mol. The van der Waals surface area contributed by atoms with Gasteiger partial charge in [-0.1, -0.05) is 26.8 Å². The lowest BCUT2D eigenvalue weighted by atomic mass is 9.79. The van der Waals surface area contributed by atoms with Crippen molar-refractivity contribution in [3.05, 3.63) is 52.9 Å². The normalized spacial score (nSPS) is 20.5. The quantitative estimate of drug-likeness (QED) is 0.361. The zero-order chi connectivity index (χ0) is 27.0. The minimum atomic E-state index is -1.02. The first-order chi connectivity index (χ1) is 17.2. The van der Waals surface area contributed by atoms with E-state index in [0.29, 0.717) is 36.6 Å². The highest BCUT2D eigenvalue weighted by Crippen LogP contribution is 2.43. The van der Waals surface area contributed by atoms with E-state index < -0.39 is 11.2 Å². The Morgan fingerprint density at radius 3 is 2.46 bits per heavy atom. The van der Waals surface area contributed by atoms with Crippen LogP contribution in [0.15, 0.2) is 36.7 Å². The average molecular weight is 523 g/mol. The van der Waals surface area contributed by atoms with E-state index >= 15 is 0 Å². The summed E-state index contributed by atoms with van der Waals surface area (Å²) in [5.41, 5.74) is 2.39. The summed E-state index contributed by atoms with van der Waals surface area (Å²) < 4.78 is 5.55. The van der Waals surface area contributed by atoms with Crippen molar-refractivity contribution in [3.8, 4) is 10.4 Å². The van der Waals surface area contributed by atoms with Gasteiger partial charge in [-0.3, -0.25) is 4.79 Å². The second-order valence-corrected chi connectivity index (χ2v) is 13.1. The molecule has 1 aliphatic carbocycles. The van der Waals surface area contributed by atoms with Gasteiger partial charge in [0.2, 0.25) is 5.95 Å². The van der Waals surface area contributed by atoms with Crippen LogP contribution in [0.1, 0.15) is 83.5 Å². The Hall–Kier alpha value is -2.84. The van der Waals surface area contributed by atoms with E-state index in [1.54, 1.807) is 6.20 Å². The van der Waals surface area contributed by atoms with Gasteiger partial charge in [0.15, 0.2) is 0 Å². The number of thiazole rings is 1. The van der Waals surface area contributed by atoms with Crippen LogP contribution in [-0.4, -0.2) is 31.6 Å². The third kappa shape index (κ3) is 6.73. The maximum Gasteiger partial charge on any atom is 0.309 e. The number of aryl methyl sites for hydroxylation is 1. The van der Waals surface area contributed by atoms with Crippen LogP contribution in [-0.2, 0) is 20.5 Å². The molecule has 1 aromatic carbocycles. The molecule has 198 valence electrons. The second-order valence-electron chi connectivity index (χ2n) is 12.1. The molecule has 0 unspecified atom stereocenters. The van der Waals surface area contributed by atoms with E-state index in [2.05, 4.69) is 66.2 Å². The molecule has 2 N–H and O–H groups in total. The van der Waals surface area contributed by atoms with Gasteiger partial charge in [-0.15, -0.1) is 11.3 Å². The molecular formula is C29H38N4O3S. The predicted octanol–water partition coefficient (Wildman–Crippen LogP) is 6.67. The van der Waals surface area contributed by atoms with Crippen LogP contribution < -0.4 is 5.32 Å². The number of nitrogens with one attached hydrogen (secondary N) is 1. The Morgan fingerprint density at radius 2 is 1.81 bits per heavy atom. The number of esters is 1. The molecule has 1 fully saturated rings. The van der Waals surface area contributed by atoms with Crippen molar-refractivity contribution in [1.82, 2.24) is 15.0 Å². The topological polar surface area (TPSA) is 97.2 Å². The van der Waals surface area contributed by atoms with E-state index in [9.17, 15) is 9.90 Å². The molecule has 0 radical (unpaired) electrons. The fourth-order valence-electron chi connectivity index (χ4n) is 4.52. The number of aliphatic hydroxyl groups is 1. The molecule has 4 rings (SSSR count). The molecule has 37 heavy (non-hydrogen) atoms. The SMILES string of the molecule is Cc1cc(Nc2nccc(C(C)(C)C)n2)cc(-c2cnc([C@]3(O)CC[C@@H](C(=O)OC(C)(C)C)CC3)s2)c1. The number of ether oxygens (including phenoxy) is 1. The van der Waals surface area contributed by atoms with Gasteiger partial charge in [-0.2, -0.15) is 0 Å². The fraction of sp³-hybridized carbons (Fsp3) is 0.517. The standard InChI is InChI=1S/C29H38N4O3S/c1-18-14-20(16-21(15-18)32-26-30-13-10-23(33-26)27(2,3)4)22-17-31-25(37-22)29(35)11-8-19(9-12-29)24(34)36-28(5,6)7/h10,13-17,19,35H,8-9,11-12H2,1-7H3,(H,30,32,33)/t19-,29+. The van der Waals surface area contributed by atoms with Crippen molar-refractivity contribution in [2.75, 3.05) is 5.32 Å². The molecule has 0 amide bonds. The van der Waals surface area contributed by atoms with Gasteiger partial charge in [-0.25, -0.2) is 15.0 Å². The lowest BCUT2D eigenvalue weighted by Gasteiger charge is -2.34. The molecule has 0 aliphatic heterocycles. The van der Waals surface area contributed by atoms with E-state index in [0.717, 1.165) is 27.4 Å². The van der Waals surface area contributed by atoms with Crippen molar-refractivity contribution < 1.29 is 14.6 Å². The maximum absolute atomic E-state index is 12.5. The molecule has 8 heteroatoms. The van der Waals surface area contributed by atoms with Crippen LogP contribution in [0, 0.1) is 12.8 Å². The van der Waals surface area contributed by atoms with E-state index in [-0.39, 0.29) is 17.3 Å². The molecule has 0 saturated heterocycles. The second kappa shape index (κ2) is 10.1. The van der Waals surface area contributed by atoms with E-state index in [4.69, 9.17) is 4.74 Å². The first kappa shape index (κ1) is 27.2. The highest BCUT2D eigenvalue weighted by atomic mass is 32.1. The monoisotopic (exact) mass is 522 g/mol. The first-order valence-corrected chi connectivity index (χ1v) is 13.7. The Labute approximate surface area is 223 Å². The molecule has 1 saturated carbocycles. The van der Waals surface area contributed by atoms with Gasteiger partial charge in [-0.05, 0) is 82.7 Å². The Morgan fingerprint density at radius 1 is 1.11 bits per heavy atom. The van der Waals surface area contributed by atoms with Gasteiger partial charge in [0, 0.05) is 23.5 Å². The lowest BCUT2D eigenvalue weighted by Crippen LogP contribution is -2.36. The minimum Gasteiger partial charge on any atom is -0.460 e. The van der Waals surface area contributed by atoms with Gasteiger partial charge < -0.3 is 15.2 Å². The van der Waals surface area contributed by atoms with Crippen LogP contribution in [0.25, 0.3) is 10.4 Å². The number of benzene rings is 1. The van der Waals surface area contributed by atoms with Crippen LogP contribution in [0.2, 0.25) is 0 Å². The molecule has 2 heterocycles. The van der Waals surface area contributed by atoms with Gasteiger partial charge in [0.25, 0.3) is 0 Å². The Balaban J connectivity index is 1.49. The first-order valence-electron chi connectivity index (χ1n) is 12.9. The summed E-state index contributed by atoms with van der Waals surface area (Å²) in [5, 5.41) is 15.4. The molecule has 0 spiro atoms. The van der Waals surface area contributed by atoms with E-state index in [1.165, 1.54) is 11.3 Å². The van der Waals surface area contributed by atoms with E-state index in [1.807, 2.05) is 33.0 Å². The third-order valence-electron chi connectivity index (χ3n) is 6.50. The van der Waals surface area contributed by atoms with Gasteiger partial charge >= 0.3 is 5.97 Å². The molecule has 0 atom stereocenters. The summed E-state index contributed by atoms with van der Waals surface area (Å²) in [5.74, 6) is 0.208. The zero-order valence-electron chi connectivity index (χ0n) is 22.9. The molecule has 7 nitrogen and oxygen atoms in total. The number of carbonyl (C=O) groups is 1. The van der Waals surface area contributed by atoms with Crippen LogP contribution in [0.3, 0.4) is 0 Å².